The van der Waals surface area contributed by atoms with E-state index in [-0.39, 0.29) is 0 Å². The molecule has 1 saturated heterocycles. The van der Waals surface area contributed by atoms with Crippen LogP contribution >= 0.6 is 0 Å². The third-order valence-corrected chi connectivity index (χ3v) is 5.85. The maximum absolute atomic E-state index is 12.2. The van der Waals surface area contributed by atoms with Crippen molar-refractivity contribution in [3.05, 3.63) is 60.2 Å². The molecule has 7 nitrogen and oxygen atoms in total. The first kappa shape index (κ1) is 20.5. The van der Waals surface area contributed by atoms with Gasteiger partial charge in [-0.2, -0.15) is 0 Å². The molecule has 1 amide bonds. The van der Waals surface area contributed by atoms with E-state index in [2.05, 4.69) is 9.88 Å². The fraction of sp³-hybridized carbons (Fsp3) is 0.280. The number of pyridine rings is 1. The number of hydrogen-bond acceptors (Lipinski definition) is 5. The van der Waals surface area contributed by atoms with Crippen molar-refractivity contribution < 1.29 is 14.3 Å². The van der Waals surface area contributed by atoms with Crippen LogP contribution in [0.25, 0.3) is 33.2 Å². The molecule has 4 aromatic rings. The van der Waals surface area contributed by atoms with Crippen molar-refractivity contribution in [3.63, 3.8) is 0 Å². The number of nitrogens with zero attached hydrogens (tertiary/aromatic N) is 2. The number of H-pyrrole nitrogens is 1. The van der Waals surface area contributed by atoms with Crippen LogP contribution in [0, 0.1) is 0 Å². The van der Waals surface area contributed by atoms with E-state index in [1.807, 2.05) is 48.5 Å². The molecule has 32 heavy (non-hydrogen) atoms. The molecule has 0 radical (unpaired) electrons. The lowest BCUT2D eigenvalue weighted by atomic mass is 10.1. The second-order valence-corrected chi connectivity index (χ2v) is 8.00. The summed E-state index contributed by atoms with van der Waals surface area (Å²) >= 11 is 0. The first-order chi connectivity index (χ1) is 15.7. The Balaban J connectivity index is 1.40. The molecule has 1 fully saturated rings. The lowest BCUT2D eigenvalue weighted by Crippen LogP contribution is -2.37. The van der Waals surface area contributed by atoms with Crippen LogP contribution < -0.4 is 10.5 Å². The molecule has 2 aromatic heterocycles. The number of fused-ring (bicyclic) bond motifs is 3. The summed E-state index contributed by atoms with van der Waals surface area (Å²) in [6.07, 6.45) is 0.957. The van der Waals surface area contributed by atoms with Crippen molar-refractivity contribution in [2.75, 3.05) is 39.5 Å². The van der Waals surface area contributed by atoms with Crippen molar-refractivity contribution in [1.29, 1.82) is 0 Å². The van der Waals surface area contributed by atoms with Crippen LogP contribution in [0.15, 0.2) is 54.6 Å². The maximum Gasteiger partial charge on any atom is 0.250 e. The number of morpholine rings is 1. The molecule has 1 aliphatic rings. The van der Waals surface area contributed by atoms with Crippen LogP contribution in [0.1, 0.15) is 16.8 Å². The zero-order valence-electron chi connectivity index (χ0n) is 17.8. The van der Waals surface area contributed by atoms with E-state index in [4.69, 9.17) is 20.2 Å². The van der Waals surface area contributed by atoms with E-state index in [0.717, 1.165) is 72.7 Å². The van der Waals surface area contributed by atoms with Crippen LogP contribution in [0.5, 0.6) is 5.75 Å². The summed E-state index contributed by atoms with van der Waals surface area (Å²) in [6.45, 7) is 5.25. The molecular formula is C25H26N4O3. The van der Waals surface area contributed by atoms with Crippen LogP contribution in [0.4, 0.5) is 0 Å². The third-order valence-electron chi connectivity index (χ3n) is 5.85. The second-order valence-electron chi connectivity index (χ2n) is 8.00. The van der Waals surface area contributed by atoms with Crippen LogP contribution in [0.2, 0.25) is 0 Å². The molecule has 1 aliphatic heterocycles. The number of carbonyl (C=O) groups excluding carboxylic acids is 1. The molecule has 0 atom stereocenters. The Bertz CT molecular complexity index is 1250. The second kappa shape index (κ2) is 8.98. The number of ether oxygens (including phenoxy) is 2. The van der Waals surface area contributed by atoms with E-state index >= 15 is 0 Å². The summed E-state index contributed by atoms with van der Waals surface area (Å²) < 4.78 is 11.4. The summed E-state index contributed by atoms with van der Waals surface area (Å²) in [7, 11) is 0. The number of amides is 1. The number of nitrogens with two attached hydrogens (primary N) is 1. The lowest BCUT2D eigenvalue weighted by molar-refractivity contribution is 0.0358. The minimum atomic E-state index is -0.485. The average molecular weight is 431 g/mol. The number of primary amides is 1. The molecule has 5 rings (SSSR count). The van der Waals surface area contributed by atoms with Crippen molar-refractivity contribution >= 4 is 27.8 Å². The number of aromatic nitrogens is 2. The smallest absolute Gasteiger partial charge is 0.250 e. The number of aromatic amines is 1. The number of hydrogen-bond donors (Lipinski definition) is 2. The molecular weight excluding hydrogens is 404 g/mol. The highest BCUT2D eigenvalue weighted by Gasteiger charge is 2.16. The van der Waals surface area contributed by atoms with Gasteiger partial charge in [-0.25, -0.2) is 4.98 Å². The summed E-state index contributed by atoms with van der Waals surface area (Å²) in [5.74, 6) is 0.302. The number of carbonyl (C=O) groups is 1. The molecule has 0 spiro atoms. The summed E-state index contributed by atoms with van der Waals surface area (Å²) in [6, 6.07) is 17.4. The molecule has 164 valence electrons. The van der Waals surface area contributed by atoms with Gasteiger partial charge in [0.25, 0.3) is 5.91 Å². The SMILES string of the molecule is NC(=O)c1cc(-c2ccccc2)nc2c1[nH]c1cc(OCCCN3CCOCC3)ccc12. The van der Waals surface area contributed by atoms with Crippen molar-refractivity contribution in [2.24, 2.45) is 5.73 Å². The summed E-state index contributed by atoms with van der Waals surface area (Å²) in [5.41, 5.74) is 10.0. The van der Waals surface area contributed by atoms with Gasteiger partial charge in [0.05, 0.1) is 47.6 Å². The maximum atomic E-state index is 12.2. The highest BCUT2D eigenvalue weighted by Crippen LogP contribution is 2.31. The summed E-state index contributed by atoms with van der Waals surface area (Å²) in [4.78, 5) is 22.7. The van der Waals surface area contributed by atoms with E-state index < -0.39 is 5.91 Å². The Labute approximate surface area is 186 Å². The number of nitrogens with one attached hydrogen (secondary N) is 1. The molecule has 0 saturated carbocycles. The molecule has 0 aliphatic carbocycles. The minimum Gasteiger partial charge on any atom is -0.493 e. The van der Waals surface area contributed by atoms with Gasteiger partial charge in [-0.05, 0) is 24.6 Å². The van der Waals surface area contributed by atoms with Crippen molar-refractivity contribution in [1.82, 2.24) is 14.9 Å². The largest absolute Gasteiger partial charge is 0.493 e. The Morgan fingerprint density at radius 1 is 1.12 bits per heavy atom. The van der Waals surface area contributed by atoms with Crippen LogP contribution in [-0.2, 0) is 4.74 Å². The van der Waals surface area contributed by atoms with E-state index in [1.165, 1.54) is 0 Å². The predicted octanol–water partition coefficient (Wildman–Crippen LogP) is 3.58. The van der Waals surface area contributed by atoms with Gasteiger partial charge in [0.1, 0.15) is 5.75 Å². The lowest BCUT2D eigenvalue weighted by Gasteiger charge is -2.26. The normalized spacial score (nSPS) is 14.8. The fourth-order valence-corrected chi connectivity index (χ4v) is 4.18. The number of rotatable bonds is 7. The van der Waals surface area contributed by atoms with Gasteiger partial charge in [0, 0.05) is 36.7 Å². The Hall–Kier alpha value is -3.42. The highest BCUT2D eigenvalue weighted by molar-refractivity contribution is 6.14. The zero-order valence-corrected chi connectivity index (χ0v) is 17.8. The van der Waals surface area contributed by atoms with Gasteiger partial charge in [-0.1, -0.05) is 30.3 Å². The van der Waals surface area contributed by atoms with E-state index in [0.29, 0.717) is 17.7 Å². The van der Waals surface area contributed by atoms with Gasteiger partial charge in [-0.15, -0.1) is 0 Å². The molecule has 3 N–H and O–H groups in total. The topological polar surface area (TPSA) is 93.5 Å². The molecule has 2 aromatic carbocycles. The van der Waals surface area contributed by atoms with Crippen molar-refractivity contribution in [3.8, 4) is 17.0 Å². The highest BCUT2D eigenvalue weighted by atomic mass is 16.5. The molecule has 0 bridgehead atoms. The molecule has 0 unspecified atom stereocenters. The summed E-state index contributed by atoms with van der Waals surface area (Å²) in [5, 5.41) is 0.931. The van der Waals surface area contributed by atoms with Crippen LogP contribution in [0.3, 0.4) is 0 Å². The average Bonchev–Trinajstić information content (AvgIpc) is 3.20. The van der Waals surface area contributed by atoms with Gasteiger partial charge in [-0.3, -0.25) is 9.69 Å². The Morgan fingerprint density at radius 3 is 2.72 bits per heavy atom. The molecule has 3 heterocycles. The van der Waals surface area contributed by atoms with E-state index in [9.17, 15) is 4.79 Å². The third kappa shape index (κ3) is 4.17. The first-order valence-electron chi connectivity index (χ1n) is 10.9. The minimum absolute atomic E-state index is 0.429. The first-order valence-corrected chi connectivity index (χ1v) is 10.9. The Morgan fingerprint density at radius 2 is 1.94 bits per heavy atom. The predicted molar refractivity (Wildman–Crippen MR) is 125 cm³/mol. The molecule has 7 heteroatoms. The Kier molecular flexibility index (Phi) is 5.75. The fourth-order valence-electron chi connectivity index (χ4n) is 4.18. The van der Waals surface area contributed by atoms with Crippen LogP contribution in [-0.4, -0.2) is 60.2 Å². The monoisotopic (exact) mass is 430 g/mol. The van der Waals surface area contributed by atoms with Gasteiger partial charge in [0.15, 0.2) is 0 Å². The number of benzene rings is 2. The van der Waals surface area contributed by atoms with Gasteiger partial charge in [0.2, 0.25) is 0 Å². The van der Waals surface area contributed by atoms with E-state index in [1.54, 1.807) is 6.07 Å². The van der Waals surface area contributed by atoms with Crippen molar-refractivity contribution in [2.45, 2.75) is 6.42 Å². The quantitative estimate of drug-likeness (QED) is 0.437. The van der Waals surface area contributed by atoms with Gasteiger partial charge < -0.3 is 20.2 Å². The van der Waals surface area contributed by atoms with Gasteiger partial charge >= 0.3 is 0 Å². The standard InChI is InChI=1S/C25H26N4O3/c26-25(30)20-16-21(17-5-2-1-3-6-17)27-23-19-8-7-18(15-22(19)28-24(20)23)32-12-4-9-29-10-13-31-14-11-29/h1-3,5-8,15-16,28H,4,9-14H2,(H2,26,30). The zero-order chi connectivity index (χ0) is 21.9.